The number of hydrogen-bond donors (Lipinski definition) is 0. The Morgan fingerprint density at radius 3 is 2.92 bits per heavy atom. The summed E-state index contributed by atoms with van der Waals surface area (Å²) in [5.74, 6) is 0.184. The first kappa shape index (κ1) is 9.49. The van der Waals surface area contributed by atoms with Crippen LogP contribution >= 0.6 is 22.9 Å². The minimum absolute atomic E-state index is 0.184. The van der Waals surface area contributed by atoms with Gasteiger partial charge in [0, 0.05) is 17.7 Å². The molecule has 0 saturated carbocycles. The van der Waals surface area contributed by atoms with Crippen LogP contribution < -0.4 is 0 Å². The molecular weight excluding hydrogens is 192 g/mol. The fourth-order valence-electron chi connectivity index (χ4n) is 0.874. The van der Waals surface area contributed by atoms with Crippen molar-refractivity contribution in [3.8, 4) is 0 Å². The number of allylic oxidation sites excluding steroid dienone is 1. The second-order valence-corrected chi connectivity index (χ2v) is 4.21. The van der Waals surface area contributed by atoms with Crippen LogP contribution in [-0.4, -0.2) is 5.78 Å². The lowest BCUT2D eigenvalue weighted by Gasteiger charge is -1.92. The van der Waals surface area contributed by atoms with Gasteiger partial charge in [-0.3, -0.25) is 4.79 Å². The van der Waals surface area contributed by atoms with Crippen LogP contribution in [0.1, 0.15) is 11.3 Å². The largest absolute Gasteiger partial charge is 0.299 e. The average molecular weight is 201 g/mol. The van der Waals surface area contributed by atoms with Crippen LogP contribution in [0, 0.1) is 0 Å². The van der Waals surface area contributed by atoms with E-state index >= 15 is 0 Å². The highest BCUT2D eigenvalue weighted by molar-refractivity contribution is 7.16. The van der Waals surface area contributed by atoms with Gasteiger partial charge >= 0.3 is 0 Å². The number of Topliss-reactive ketones (excluding diaryl/α,β-unsaturated/α-hetero) is 1. The Morgan fingerprint density at radius 1 is 1.67 bits per heavy atom. The van der Waals surface area contributed by atoms with E-state index in [-0.39, 0.29) is 5.78 Å². The Balaban J connectivity index is 2.52. The second-order valence-electron chi connectivity index (χ2n) is 2.41. The van der Waals surface area contributed by atoms with Crippen molar-refractivity contribution in [1.29, 1.82) is 0 Å². The van der Waals surface area contributed by atoms with E-state index in [0.717, 1.165) is 9.21 Å². The Kier molecular flexibility index (Phi) is 3.50. The van der Waals surface area contributed by atoms with Crippen molar-refractivity contribution in [2.45, 2.75) is 12.8 Å². The Labute approximate surface area is 80.7 Å². The molecule has 3 heteroatoms. The minimum Gasteiger partial charge on any atom is -0.299 e. The van der Waals surface area contributed by atoms with Crippen LogP contribution in [-0.2, 0) is 11.2 Å². The second kappa shape index (κ2) is 4.43. The molecule has 0 fully saturated rings. The quantitative estimate of drug-likeness (QED) is 0.683. The molecule has 12 heavy (non-hydrogen) atoms. The number of rotatable bonds is 4. The van der Waals surface area contributed by atoms with Crippen molar-refractivity contribution >= 4 is 28.7 Å². The zero-order chi connectivity index (χ0) is 8.97. The predicted octanol–water partition coefficient (Wildman–Crippen LogP) is 3.09. The summed E-state index contributed by atoms with van der Waals surface area (Å²) < 4.78 is 0.733. The topological polar surface area (TPSA) is 17.1 Å². The number of carbonyl (C=O) groups is 1. The summed E-state index contributed by atoms with van der Waals surface area (Å²) in [6.07, 6.45) is 2.54. The summed E-state index contributed by atoms with van der Waals surface area (Å²) in [6, 6.07) is 3.69. The van der Waals surface area contributed by atoms with E-state index in [9.17, 15) is 4.79 Å². The number of carbonyl (C=O) groups excluding carboxylic acids is 1. The lowest BCUT2D eigenvalue weighted by Crippen LogP contribution is -1.98. The average Bonchev–Trinajstić information content (AvgIpc) is 2.36. The summed E-state index contributed by atoms with van der Waals surface area (Å²) in [5, 5.41) is 0. The highest BCUT2D eigenvalue weighted by Gasteiger charge is 2.03. The molecule has 1 rings (SSSR count). The van der Waals surface area contributed by atoms with Crippen molar-refractivity contribution in [3.63, 3.8) is 0 Å². The highest BCUT2D eigenvalue weighted by atomic mass is 35.5. The molecular formula is C9H9ClOS. The van der Waals surface area contributed by atoms with E-state index in [2.05, 4.69) is 6.58 Å². The van der Waals surface area contributed by atoms with Crippen LogP contribution in [0.5, 0.6) is 0 Å². The van der Waals surface area contributed by atoms with Crippen molar-refractivity contribution in [2.24, 2.45) is 0 Å². The summed E-state index contributed by atoms with van der Waals surface area (Å²) in [5.41, 5.74) is 0. The third-order valence-corrected chi connectivity index (χ3v) is 2.60. The molecule has 1 heterocycles. The van der Waals surface area contributed by atoms with E-state index in [1.54, 1.807) is 6.08 Å². The smallest absolute Gasteiger partial charge is 0.141 e. The molecule has 0 saturated heterocycles. The van der Waals surface area contributed by atoms with Crippen molar-refractivity contribution < 1.29 is 4.79 Å². The van der Waals surface area contributed by atoms with E-state index in [0.29, 0.717) is 12.8 Å². The number of halogens is 1. The third-order valence-electron chi connectivity index (χ3n) is 1.37. The Bertz CT molecular complexity index is 290. The van der Waals surface area contributed by atoms with Crippen LogP contribution in [0.4, 0.5) is 0 Å². The number of ketones is 1. The number of hydrogen-bond acceptors (Lipinski definition) is 2. The van der Waals surface area contributed by atoms with Gasteiger partial charge in [-0.15, -0.1) is 17.9 Å². The molecule has 0 atom stereocenters. The molecule has 0 bridgehead atoms. The molecule has 0 aliphatic rings. The van der Waals surface area contributed by atoms with Gasteiger partial charge < -0.3 is 0 Å². The van der Waals surface area contributed by atoms with E-state index in [1.165, 1.54) is 11.3 Å². The summed E-state index contributed by atoms with van der Waals surface area (Å²) in [4.78, 5) is 12.1. The predicted molar refractivity (Wildman–Crippen MR) is 52.9 cm³/mol. The fraction of sp³-hybridized carbons (Fsp3) is 0.222. The molecule has 1 nitrogen and oxygen atoms in total. The molecule has 0 aliphatic carbocycles. The van der Waals surface area contributed by atoms with E-state index < -0.39 is 0 Å². The first-order valence-electron chi connectivity index (χ1n) is 3.59. The van der Waals surface area contributed by atoms with E-state index in [4.69, 9.17) is 11.6 Å². The van der Waals surface area contributed by atoms with Crippen molar-refractivity contribution in [2.75, 3.05) is 0 Å². The maximum atomic E-state index is 11.1. The molecule has 1 aromatic heterocycles. The summed E-state index contributed by atoms with van der Waals surface area (Å²) in [6.45, 7) is 3.50. The third kappa shape index (κ3) is 2.80. The molecule has 0 aromatic carbocycles. The van der Waals surface area contributed by atoms with Gasteiger partial charge in [0.1, 0.15) is 5.78 Å². The van der Waals surface area contributed by atoms with Gasteiger partial charge in [0.25, 0.3) is 0 Å². The maximum absolute atomic E-state index is 11.1. The van der Waals surface area contributed by atoms with Crippen LogP contribution in [0.15, 0.2) is 24.8 Å². The summed E-state index contributed by atoms with van der Waals surface area (Å²) in [7, 11) is 0. The minimum atomic E-state index is 0.184. The Hall–Kier alpha value is -0.600. The lowest BCUT2D eigenvalue weighted by atomic mass is 10.2. The molecule has 0 unspecified atom stereocenters. The monoisotopic (exact) mass is 200 g/mol. The van der Waals surface area contributed by atoms with Crippen LogP contribution in [0.3, 0.4) is 0 Å². The van der Waals surface area contributed by atoms with Gasteiger partial charge in [0.15, 0.2) is 0 Å². The zero-order valence-electron chi connectivity index (χ0n) is 6.55. The van der Waals surface area contributed by atoms with Crippen molar-refractivity contribution in [3.05, 3.63) is 34.0 Å². The normalized spacial score (nSPS) is 9.75. The first-order chi connectivity index (χ1) is 5.72. The molecule has 0 amide bonds. The molecule has 0 spiro atoms. The SMILES string of the molecule is C=CCC(=O)Cc1ccc(Cl)s1. The first-order valence-corrected chi connectivity index (χ1v) is 4.78. The van der Waals surface area contributed by atoms with Gasteiger partial charge in [-0.1, -0.05) is 17.7 Å². The van der Waals surface area contributed by atoms with Gasteiger partial charge in [0.2, 0.25) is 0 Å². The fourth-order valence-corrected chi connectivity index (χ4v) is 1.99. The molecule has 64 valence electrons. The standard InChI is InChI=1S/C9H9ClOS/c1-2-3-7(11)6-8-4-5-9(10)12-8/h2,4-5H,1,3,6H2. The van der Waals surface area contributed by atoms with Gasteiger partial charge in [-0.25, -0.2) is 0 Å². The highest BCUT2D eigenvalue weighted by Crippen LogP contribution is 2.22. The molecule has 1 aromatic rings. The van der Waals surface area contributed by atoms with E-state index in [1.807, 2.05) is 12.1 Å². The Morgan fingerprint density at radius 2 is 2.42 bits per heavy atom. The van der Waals surface area contributed by atoms with Crippen LogP contribution in [0.25, 0.3) is 0 Å². The maximum Gasteiger partial charge on any atom is 0.141 e. The zero-order valence-corrected chi connectivity index (χ0v) is 8.12. The van der Waals surface area contributed by atoms with Crippen molar-refractivity contribution in [1.82, 2.24) is 0 Å². The lowest BCUT2D eigenvalue weighted by molar-refractivity contribution is -0.117. The molecule has 0 aliphatic heterocycles. The molecule has 0 N–H and O–H groups in total. The molecule has 0 radical (unpaired) electrons. The van der Waals surface area contributed by atoms with Gasteiger partial charge in [0.05, 0.1) is 4.34 Å². The van der Waals surface area contributed by atoms with Crippen LogP contribution in [0.2, 0.25) is 4.34 Å². The number of thiophene rings is 1. The van der Waals surface area contributed by atoms with Gasteiger partial charge in [-0.05, 0) is 12.1 Å². The van der Waals surface area contributed by atoms with Gasteiger partial charge in [-0.2, -0.15) is 0 Å². The summed E-state index contributed by atoms with van der Waals surface area (Å²) >= 11 is 7.16.